The molecule has 1 aromatic rings. The van der Waals surface area contributed by atoms with E-state index >= 15 is 0 Å². The number of para-hydroxylation sites is 1. The van der Waals surface area contributed by atoms with E-state index in [0.717, 1.165) is 6.42 Å². The number of amides is 2. The second kappa shape index (κ2) is 7.44. The number of rotatable bonds is 6. The maximum absolute atomic E-state index is 13.5. The number of carbonyl (C=O) groups is 2. The fraction of sp³-hybridized carbons (Fsp3) is 0.385. The Morgan fingerprint density at radius 2 is 2.10 bits per heavy atom. The van der Waals surface area contributed by atoms with E-state index in [1.54, 1.807) is 6.92 Å². The number of nitrogens with one attached hydrogen (secondary N) is 3. The molecule has 0 radical (unpaired) electrons. The van der Waals surface area contributed by atoms with Crippen molar-refractivity contribution in [2.24, 2.45) is 5.84 Å². The molecule has 20 heavy (non-hydrogen) atoms. The van der Waals surface area contributed by atoms with Crippen LogP contribution >= 0.6 is 0 Å². The molecule has 1 rings (SSSR count). The number of halogens is 1. The summed E-state index contributed by atoms with van der Waals surface area (Å²) in [6, 6.07) is 3.28. The van der Waals surface area contributed by atoms with Crippen LogP contribution in [-0.2, 0) is 4.79 Å². The van der Waals surface area contributed by atoms with Crippen LogP contribution in [-0.4, -0.2) is 24.4 Å². The Hall–Kier alpha value is -2.15. The van der Waals surface area contributed by atoms with Crippen LogP contribution in [0.15, 0.2) is 18.2 Å². The molecule has 0 aliphatic rings. The molecule has 0 spiro atoms. The molecule has 0 aliphatic carbocycles. The highest BCUT2D eigenvalue weighted by molar-refractivity contribution is 6.01. The molecule has 6 nitrogen and oxygen atoms in total. The molecule has 1 unspecified atom stereocenters. The fourth-order valence-electron chi connectivity index (χ4n) is 1.60. The number of carbonyl (C=O) groups excluding carboxylic acids is 2. The average molecular weight is 282 g/mol. The molecule has 0 saturated carbocycles. The monoisotopic (exact) mass is 282 g/mol. The number of hydrazine groups is 1. The fourth-order valence-corrected chi connectivity index (χ4v) is 1.60. The third kappa shape index (κ3) is 3.92. The molecule has 0 bridgehead atoms. The number of nitrogens with two attached hydrogens (primary N) is 1. The van der Waals surface area contributed by atoms with E-state index < -0.39 is 17.8 Å². The molecular weight excluding hydrogens is 263 g/mol. The number of anilines is 1. The highest BCUT2D eigenvalue weighted by Crippen LogP contribution is 2.18. The van der Waals surface area contributed by atoms with Gasteiger partial charge in [-0.05, 0) is 25.5 Å². The van der Waals surface area contributed by atoms with E-state index in [1.807, 2.05) is 6.92 Å². The summed E-state index contributed by atoms with van der Waals surface area (Å²) in [4.78, 5) is 23.7. The second-order valence-electron chi connectivity index (χ2n) is 4.29. The van der Waals surface area contributed by atoms with E-state index in [1.165, 1.54) is 18.2 Å². The van der Waals surface area contributed by atoms with Crippen molar-refractivity contribution in [3.8, 4) is 0 Å². The normalized spacial score (nSPS) is 11.6. The van der Waals surface area contributed by atoms with Crippen LogP contribution in [0, 0.1) is 5.82 Å². The lowest BCUT2D eigenvalue weighted by molar-refractivity contribution is -0.122. The van der Waals surface area contributed by atoms with E-state index in [0.29, 0.717) is 6.54 Å². The molecule has 2 amide bonds. The molecule has 0 fully saturated rings. The van der Waals surface area contributed by atoms with Crippen molar-refractivity contribution in [3.05, 3.63) is 29.6 Å². The number of benzene rings is 1. The summed E-state index contributed by atoms with van der Waals surface area (Å²) in [5, 5.41) is 5.15. The predicted molar refractivity (Wildman–Crippen MR) is 74.4 cm³/mol. The van der Waals surface area contributed by atoms with Crippen LogP contribution in [0.2, 0.25) is 0 Å². The Morgan fingerprint density at radius 1 is 1.40 bits per heavy atom. The maximum Gasteiger partial charge on any atom is 0.254 e. The van der Waals surface area contributed by atoms with Gasteiger partial charge in [0.25, 0.3) is 5.91 Å². The zero-order valence-corrected chi connectivity index (χ0v) is 11.5. The van der Waals surface area contributed by atoms with Crippen molar-refractivity contribution < 1.29 is 14.0 Å². The zero-order chi connectivity index (χ0) is 15.1. The SMILES string of the molecule is CCCNC(=O)C(C)NC(=O)c1cccc(F)c1NN. The van der Waals surface area contributed by atoms with E-state index in [4.69, 9.17) is 5.84 Å². The maximum atomic E-state index is 13.5. The van der Waals surface area contributed by atoms with Crippen molar-refractivity contribution in [2.45, 2.75) is 26.3 Å². The van der Waals surface area contributed by atoms with Crippen molar-refractivity contribution >= 4 is 17.5 Å². The highest BCUT2D eigenvalue weighted by Gasteiger charge is 2.19. The lowest BCUT2D eigenvalue weighted by Gasteiger charge is -2.15. The summed E-state index contributed by atoms with van der Waals surface area (Å²) < 4.78 is 13.5. The van der Waals surface area contributed by atoms with E-state index in [-0.39, 0.29) is 17.2 Å². The molecule has 0 aliphatic heterocycles. The summed E-state index contributed by atoms with van der Waals surface area (Å²) in [6.07, 6.45) is 0.803. The van der Waals surface area contributed by atoms with Gasteiger partial charge in [-0.25, -0.2) is 4.39 Å². The minimum absolute atomic E-state index is 0.0441. The Labute approximate surface area is 116 Å². The second-order valence-corrected chi connectivity index (χ2v) is 4.29. The van der Waals surface area contributed by atoms with Crippen LogP contribution in [0.1, 0.15) is 30.6 Å². The smallest absolute Gasteiger partial charge is 0.254 e. The van der Waals surface area contributed by atoms with E-state index in [2.05, 4.69) is 16.1 Å². The Bertz CT molecular complexity index is 493. The first kappa shape index (κ1) is 15.9. The predicted octanol–water partition coefficient (Wildman–Crippen LogP) is 0.756. The van der Waals surface area contributed by atoms with Gasteiger partial charge in [-0.2, -0.15) is 0 Å². The standard InChI is InChI=1S/C13H19FN4O2/c1-3-7-16-12(19)8(2)17-13(20)9-5-4-6-10(14)11(9)18-15/h4-6,8,18H,3,7,15H2,1-2H3,(H,16,19)(H,17,20). The van der Waals surface area contributed by atoms with Crippen molar-refractivity contribution in [1.82, 2.24) is 10.6 Å². The third-order valence-electron chi connectivity index (χ3n) is 2.69. The number of hydrogen-bond donors (Lipinski definition) is 4. The van der Waals surface area contributed by atoms with Gasteiger partial charge in [0.2, 0.25) is 5.91 Å². The van der Waals surface area contributed by atoms with Crippen LogP contribution in [0.4, 0.5) is 10.1 Å². The quantitative estimate of drug-likeness (QED) is 0.457. The van der Waals surface area contributed by atoms with Gasteiger partial charge in [0.05, 0.1) is 11.3 Å². The Kier molecular flexibility index (Phi) is 5.92. The highest BCUT2D eigenvalue weighted by atomic mass is 19.1. The molecular formula is C13H19FN4O2. The van der Waals surface area contributed by atoms with Gasteiger partial charge in [0.15, 0.2) is 0 Å². The molecule has 7 heteroatoms. The Balaban J connectivity index is 2.76. The molecule has 0 saturated heterocycles. The zero-order valence-electron chi connectivity index (χ0n) is 11.5. The average Bonchev–Trinajstić information content (AvgIpc) is 2.44. The first-order valence-corrected chi connectivity index (χ1v) is 6.35. The van der Waals surface area contributed by atoms with Gasteiger partial charge in [-0.15, -0.1) is 0 Å². The van der Waals surface area contributed by atoms with Gasteiger partial charge in [0.1, 0.15) is 11.9 Å². The van der Waals surface area contributed by atoms with Crippen molar-refractivity contribution in [2.75, 3.05) is 12.0 Å². The first-order valence-electron chi connectivity index (χ1n) is 6.35. The largest absolute Gasteiger partial charge is 0.354 e. The summed E-state index contributed by atoms with van der Waals surface area (Å²) in [6.45, 7) is 4.02. The van der Waals surface area contributed by atoms with Crippen LogP contribution in [0.25, 0.3) is 0 Å². The van der Waals surface area contributed by atoms with Gasteiger partial charge in [-0.3, -0.25) is 15.4 Å². The molecule has 110 valence electrons. The third-order valence-corrected chi connectivity index (χ3v) is 2.69. The number of nitrogen functional groups attached to an aromatic ring is 1. The minimum atomic E-state index is -0.719. The van der Waals surface area contributed by atoms with Gasteiger partial charge in [0, 0.05) is 6.54 Å². The molecule has 0 heterocycles. The summed E-state index contributed by atoms with van der Waals surface area (Å²) in [5.74, 6) is 3.70. The minimum Gasteiger partial charge on any atom is -0.354 e. The molecule has 5 N–H and O–H groups in total. The molecule has 0 aromatic heterocycles. The molecule has 1 aromatic carbocycles. The first-order chi connectivity index (χ1) is 9.51. The number of hydrogen-bond acceptors (Lipinski definition) is 4. The van der Waals surface area contributed by atoms with E-state index in [9.17, 15) is 14.0 Å². The van der Waals surface area contributed by atoms with Gasteiger partial charge >= 0.3 is 0 Å². The molecule has 1 atom stereocenters. The van der Waals surface area contributed by atoms with Crippen LogP contribution < -0.4 is 21.9 Å². The van der Waals surface area contributed by atoms with Crippen LogP contribution in [0.5, 0.6) is 0 Å². The van der Waals surface area contributed by atoms with Crippen molar-refractivity contribution in [1.29, 1.82) is 0 Å². The van der Waals surface area contributed by atoms with Crippen LogP contribution in [0.3, 0.4) is 0 Å². The Morgan fingerprint density at radius 3 is 2.70 bits per heavy atom. The van der Waals surface area contributed by atoms with Gasteiger partial charge < -0.3 is 16.1 Å². The summed E-state index contributed by atoms with van der Waals surface area (Å²) in [7, 11) is 0. The topological polar surface area (TPSA) is 96.2 Å². The lowest BCUT2D eigenvalue weighted by atomic mass is 10.1. The summed E-state index contributed by atoms with van der Waals surface area (Å²) in [5.41, 5.74) is 2.08. The van der Waals surface area contributed by atoms with Gasteiger partial charge in [-0.1, -0.05) is 13.0 Å². The lowest BCUT2D eigenvalue weighted by Crippen LogP contribution is -2.45. The summed E-state index contributed by atoms with van der Waals surface area (Å²) >= 11 is 0. The van der Waals surface area contributed by atoms with Crippen molar-refractivity contribution in [3.63, 3.8) is 0 Å².